The highest BCUT2D eigenvalue weighted by molar-refractivity contribution is 5.69. The minimum atomic E-state index is -0.189. The van der Waals surface area contributed by atoms with E-state index >= 15 is 0 Å². The highest BCUT2D eigenvalue weighted by Gasteiger charge is 2.14. The maximum atomic E-state index is 11.2. The summed E-state index contributed by atoms with van der Waals surface area (Å²) in [4.78, 5) is 11.2. The fourth-order valence-electron chi connectivity index (χ4n) is 2.00. The molecule has 0 radical (unpaired) electrons. The Morgan fingerprint density at radius 1 is 1.32 bits per heavy atom. The first-order chi connectivity index (χ1) is 9.06. The van der Waals surface area contributed by atoms with Gasteiger partial charge in [-0.1, -0.05) is 19.1 Å². The van der Waals surface area contributed by atoms with Crippen LogP contribution in [0.4, 0.5) is 0 Å². The Morgan fingerprint density at radius 2 is 1.95 bits per heavy atom. The monoisotopic (exact) mass is 265 g/mol. The molecule has 0 aromatic heterocycles. The summed E-state index contributed by atoms with van der Waals surface area (Å²) in [5, 5.41) is 0. The third-order valence-corrected chi connectivity index (χ3v) is 3.02. The summed E-state index contributed by atoms with van der Waals surface area (Å²) in [5.74, 6) is 0.862. The number of rotatable bonds is 7. The molecule has 0 aliphatic rings. The number of hydrogen-bond acceptors (Lipinski definition) is 4. The van der Waals surface area contributed by atoms with Gasteiger partial charge in [0, 0.05) is 12.5 Å². The van der Waals surface area contributed by atoms with Gasteiger partial charge in [0.15, 0.2) is 0 Å². The van der Waals surface area contributed by atoms with E-state index in [1.807, 2.05) is 38.1 Å². The standard InChI is InChI=1S/C15H23NO3/c1-4-19-13-7-5-12(6-8-13)14(16)9-11(2)10-15(17)18-3/h5-8,11,14H,4,9-10,16H2,1-3H3. The topological polar surface area (TPSA) is 61.5 Å². The number of esters is 1. The zero-order chi connectivity index (χ0) is 14.3. The maximum Gasteiger partial charge on any atom is 0.305 e. The molecule has 0 aliphatic heterocycles. The predicted octanol–water partition coefficient (Wildman–Crippen LogP) is 2.67. The Bertz CT molecular complexity index is 389. The van der Waals surface area contributed by atoms with E-state index in [0.717, 1.165) is 17.7 Å². The molecule has 1 aromatic rings. The van der Waals surface area contributed by atoms with Crippen molar-refractivity contribution in [2.75, 3.05) is 13.7 Å². The quantitative estimate of drug-likeness (QED) is 0.770. The Balaban J connectivity index is 2.52. The molecule has 0 heterocycles. The molecule has 0 fully saturated rings. The Labute approximate surface area is 114 Å². The predicted molar refractivity (Wildman–Crippen MR) is 75.0 cm³/mol. The van der Waals surface area contributed by atoms with Gasteiger partial charge in [0.1, 0.15) is 5.75 Å². The van der Waals surface area contributed by atoms with Gasteiger partial charge in [-0.05, 0) is 37.0 Å². The van der Waals surface area contributed by atoms with Gasteiger partial charge >= 0.3 is 5.97 Å². The lowest BCUT2D eigenvalue weighted by atomic mass is 9.94. The highest BCUT2D eigenvalue weighted by atomic mass is 16.5. The van der Waals surface area contributed by atoms with Crippen molar-refractivity contribution in [3.05, 3.63) is 29.8 Å². The molecule has 0 saturated carbocycles. The lowest BCUT2D eigenvalue weighted by Crippen LogP contribution is -2.16. The van der Waals surface area contributed by atoms with E-state index in [0.29, 0.717) is 13.0 Å². The SMILES string of the molecule is CCOc1ccc(C(N)CC(C)CC(=O)OC)cc1. The van der Waals surface area contributed by atoms with E-state index in [-0.39, 0.29) is 17.9 Å². The summed E-state index contributed by atoms with van der Waals surface area (Å²) in [7, 11) is 1.40. The summed E-state index contributed by atoms with van der Waals surface area (Å²) < 4.78 is 10.0. The van der Waals surface area contributed by atoms with Crippen molar-refractivity contribution >= 4 is 5.97 Å². The normalized spacial score (nSPS) is 13.7. The number of benzene rings is 1. The van der Waals surface area contributed by atoms with Gasteiger partial charge in [-0.2, -0.15) is 0 Å². The molecule has 2 unspecified atom stereocenters. The van der Waals surface area contributed by atoms with Crippen LogP contribution in [-0.4, -0.2) is 19.7 Å². The average molecular weight is 265 g/mol. The van der Waals surface area contributed by atoms with Gasteiger partial charge < -0.3 is 15.2 Å². The van der Waals surface area contributed by atoms with E-state index in [4.69, 9.17) is 10.5 Å². The summed E-state index contributed by atoms with van der Waals surface area (Å²) in [6.45, 7) is 4.61. The molecule has 0 amide bonds. The molecule has 0 aliphatic carbocycles. The van der Waals surface area contributed by atoms with Crippen LogP contribution in [0.5, 0.6) is 5.75 Å². The zero-order valence-electron chi connectivity index (χ0n) is 11.9. The molecule has 0 saturated heterocycles. The molecule has 0 bridgehead atoms. The first kappa shape index (κ1) is 15.5. The fraction of sp³-hybridized carbons (Fsp3) is 0.533. The molecule has 2 N–H and O–H groups in total. The van der Waals surface area contributed by atoms with Crippen molar-refractivity contribution in [3.8, 4) is 5.75 Å². The van der Waals surface area contributed by atoms with Crippen molar-refractivity contribution in [3.63, 3.8) is 0 Å². The van der Waals surface area contributed by atoms with Crippen molar-refractivity contribution < 1.29 is 14.3 Å². The molecular weight excluding hydrogens is 242 g/mol. The second-order valence-corrected chi connectivity index (χ2v) is 4.73. The van der Waals surface area contributed by atoms with E-state index in [1.165, 1.54) is 7.11 Å². The summed E-state index contributed by atoms with van der Waals surface area (Å²) in [6.07, 6.45) is 1.16. The van der Waals surface area contributed by atoms with Crippen LogP contribution in [0.3, 0.4) is 0 Å². The number of methoxy groups -OCH3 is 1. The van der Waals surface area contributed by atoms with Crippen LogP contribution in [0.15, 0.2) is 24.3 Å². The minimum absolute atomic E-state index is 0.0738. The molecule has 1 aromatic carbocycles. The van der Waals surface area contributed by atoms with Crippen LogP contribution < -0.4 is 10.5 Å². The van der Waals surface area contributed by atoms with Crippen molar-refractivity contribution in [1.29, 1.82) is 0 Å². The van der Waals surface area contributed by atoms with Crippen LogP contribution >= 0.6 is 0 Å². The number of carbonyl (C=O) groups is 1. The van der Waals surface area contributed by atoms with Crippen LogP contribution in [-0.2, 0) is 9.53 Å². The largest absolute Gasteiger partial charge is 0.494 e. The van der Waals surface area contributed by atoms with E-state index < -0.39 is 0 Å². The Kier molecular flexibility index (Phi) is 6.36. The lowest BCUT2D eigenvalue weighted by Gasteiger charge is -2.17. The van der Waals surface area contributed by atoms with Gasteiger partial charge in [-0.3, -0.25) is 4.79 Å². The first-order valence-electron chi connectivity index (χ1n) is 6.62. The number of nitrogens with two attached hydrogens (primary N) is 1. The third-order valence-electron chi connectivity index (χ3n) is 3.02. The zero-order valence-corrected chi connectivity index (χ0v) is 11.9. The summed E-state index contributed by atoms with van der Waals surface area (Å²) >= 11 is 0. The van der Waals surface area contributed by atoms with E-state index in [9.17, 15) is 4.79 Å². The molecule has 19 heavy (non-hydrogen) atoms. The molecule has 1 rings (SSSR count). The van der Waals surface area contributed by atoms with Gasteiger partial charge in [-0.15, -0.1) is 0 Å². The van der Waals surface area contributed by atoms with Crippen LogP contribution in [0.25, 0.3) is 0 Å². The second-order valence-electron chi connectivity index (χ2n) is 4.73. The molecule has 106 valence electrons. The summed E-state index contributed by atoms with van der Waals surface area (Å²) in [5.41, 5.74) is 7.20. The van der Waals surface area contributed by atoms with Gasteiger partial charge in [0.25, 0.3) is 0 Å². The molecule has 0 spiro atoms. The van der Waals surface area contributed by atoms with Crippen molar-refractivity contribution in [1.82, 2.24) is 0 Å². The van der Waals surface area contributed by atoms with E-state index in [1.54, 1.807) is 0 Å². The number of ether oxygens (including phenoxy) is 2. The molecule has 2 atom stereocenters. The van der Waals surface area contributed by atoms with Crippen molar-refractivity contribution in [2.24, 2.45) is 11.7 Å². The van der Waals surface area contributed by atoms with Gasteiger partial charge in [-0.25, -0.2) is 0 Å². The second kappa shape index (κ2) is 7.79. The van der Waals surface area contributed by atoms with Crippen LogP contribution in [0.2, 0.25) is 0 Å². The first-order valence-corrected chi connectivity index (χ1v) is 6.62. The fourth-order valence-corrected chi connectivity index (χ4v) is 2.00. The maximum absolute atomic E-state index is 11.2. The molecular formula is C15H23NO3. The smallest absolute Gasteiger partial charge is 0.305 e. The highest BCUT2D eigenvalue weighted by Crippen LogP contribution is 2.23. The number of hydrogen-bond donors (Lipinski definition) is 1. The average Bonchev–Trinajstić information content (AvgIpc) is 2.39. The van der Waals surface area contributed by atoms with Gasteiger partial charge in [0.2, 0.25) is 0 Å². The molecule has 4 nitrogen and oxygen atoms in total. The van der Waals surface area contributed by atoms with Gasteiger partial charge in [0.05, 0.1) is 13.7 Å². The van der Waals surface area contributed by atoms with Crippen molar-refractivity contribution in [2.45, 2.75) is 32.7 Å². The molecule has 4 heteroatoms. The van der Waals surface area contributed by atoms with E-state index in [2.05, 4.69) is 4.74 Å². The van der Waals surface area contributed by atoms with Crippen LogP contribution in [0.1, 0.15) is 38.3 Å². The Hall–Kier alpha value is -1.55. The Morgan fingerprint density at radius 3 is 2.47 bits per heavy atom. The lowest BCUT2D eigenvalue weighted by molar-refractivity contribution is -0.141. The third kappa shape index (κ3) is 5.30. The minimum Gasteiger partial charge on any atom is -0.494 e. The summed E-state index contributed by atoms with van der Waals surface area (Å²) in [6, 6.07) is 7.71. The van der Waals surface area contributed by atoms with Crippen LogP contribution in [0, 0.1) is 5.92 Å². The number of carbonyl (C=O) groups excluding carboxylic acids is 1.